The van der Waals surface area contributed by atoms with Crippen molar-refractivity contribution in [3.63, 3.8) is 0 Å². The highest BCUT2D eigenvalue weighted by molar-refractivity contribution is 5.89. The van der Waals surface area contributed by atoms with Crippen molar-refractivity contribution in [1.82, 2.24) is 4.90 Å². The molecule has 0 aliphatic carbocycles. The molecular formula is C14H20N2O2. The lowest BCUT2D eigenvalue weighted by atomic mass is 10.1. The van der Waals surface area contributed by atoms with Gasteiger partial charge in [-0.25, -0.2) is 4.79 Å². The zero-order valence-electron chi connectivity index (χ0n) is 11.0. The first-order valence-electron chi connectivity index (χ1n) is 6.56. The van der Waals surface area contributed by atoms with Crippen molar-refractivity contribution in [2.45, 2.75) is 26.7 Å². The van der Waals surface area contributed by atoms with E-state index in [0.29, 0.717) is 0 Å². The summed E-state index contributed by atoms with van der Waals surface area (Å²) in [6, 6.07) is 5.80. The van der Waals surface area contributed by atoms with Crippen molar-refractivity contribution >= 4 is 11.7 Å². The molecule has 18 heavy (non-hydrogen) atoms. The van der Waals surface area contributed by atoms with Crippen LogP contribution in [0, 0.1) is 0 Å². The van der Waals surface area contributed by atoms with Crippen molar-refractivity contribution in [2.24, 2.45) is 0 Å². The molecule has 1 N–H and O–H groups in total. The summed E-state index contributed by atoms with van der Waals surface area (Å²) in [5.41, 5.74) is 2.02. The summed E-state index contributed by atoms with van der Waals surface area (Å²) < 4.78 is 5.55. The first-order chi connectivity index (χ1) is 8.74. The summed E-state index contributed by atoms with van der Waals surface area (Å²) in [6.45, 7) is 6.18. The smallest absolute Gasteiger partial charge is 0.321 e. The standard InChI is InChI=1S/C14H20N2O2/c1-3-16(4-2)14(17)15-12-7-8-13-11(10-12)6-5-9-18-13/h7-8,10H,3-6,9H2,1-2H3,(H,15,17). The predicted octanol–water partition coefficient (Wildman–Crippen LogP) is 2.89. The maximum Gasteiger partial charge on any atom is 0.321 e. The molecule has 1 aromatic carbocycles. The molecule has 1 aliphatic heterocycles. The van der Waals surface area contributed by atoms with Gasteiger partial charge in [-0.3, -0.25) is 0 Å². The molecule has 1 heterocycles. The number of hydrogen-bond donors (Lipinski definition) is 1. The molecular weight excluding hydrogens is 228 g/mol. The van der Waals surface area contributed by atoms with Gasteiger partial charge in [0, 0.05) is 18.8 Å². The van der Waals surface area contributed by atoms with Gasteiger partial charge >= 0.3 is 6.03 Å². The molecule has 2 rings (SSSR count). The zero-order chi connectivity index (χ0) is 13.0. The fourth-order valence-corrected chi connectivity index (χ4v) is 2.15. The van der Waals surface area contributed by atoms with Gasteiger partial charge in [0.05, 0.1) is 6.61 Å². The molecule has 0 spiro atoms. The Morgan fingerprint density at radius 2 is 2.17 bits per heavy atom. The highest BCUT2D eigenvalue weighted by Crippen LogP contribution is 2.27. The van der Waals surface area contributed by atoms with E-state index in [4.69, 9.17) is 4.74 Å². The van der Waals surface area contributed by atoms with E-state index in [1.54, 1.807) is 4.90 Å². The Bertz CT molecular complexity index is 428. The van der Waals surface area contributed by atoms with Crippen LogP contribution < -0.4 is 10.1 Å². The molecule has 2 amide bonds. The van der Waals surface area contributed by atoms with Crippen LogP contribution in [-0.4, -0.2) is 30.6 Å². The maximum atomic E-state index is 11.9. The molecule has 1 aliphatic rings. The molecule has 0 saturated carbocycles. The van der Waals surface area contributed by atoms with Crippen molar-refractivity contribution in [3.8, 4) is 5.75 Å². The zero-order valence-corrected chi connectivity index (χ0v) is 11.0. The van der Waals surface area contributed by atoms with Gasteiger partial charge in [-0.05, 0) is 50.5 Å². The first-order valence-corrected chi connectivity index (χ1v) is 6.56. The fourth-order valence-electron chi connectivity index (χ4n) is 2.15. The Balaban J connectivity index is 2.08. The molecule has 1 aromatic rings. The summed E-state index contributed by atoms with van der Waals surface area (Å²) in [4.78, 5) is 13.7. The Kier molecular flexibility index (Phi) is 4.07. The molecule has 0 atom stereocenters. The number of nitrogens with one attached hydrogen (secondary N) is 1. The lowest BCUT2D eigenvalue weighted by Crippen LogP contribution is -2.34. The van der Waals surface area contributed by atoms with Crippen LogP contribution in [0.25, 0.3) is 0 Å². The number of urea groups is 1. The van der Waals surface area contributed by atoms with E-state index in [1.165, 1.54) is 5.56 Å². The quantitative estimate of drug-likeness (QED) is 0.893. The van der Waals surface area contributed by atoms with Crippen molar-refractivity contribution in [3.05, 3.63) is 23.8 Å². The second kappa shape index (κ2) is 5.76. The monoisotopic (exact) mass is 248 g/mol. The topological polar surface area (TPSA) is 41.6 Å². The summed E-state index contributed by atoms with van der Waals surface area (Å²) >= 11 is 0. The number of hydrogen-bond acceptors (Lipinski definition) is 2. The number of amides is 2. The molecule has 98 valence electrons. The minimum Gasteiger partial charge on any atom is -0.493 e. The number of aryl methyl sites for hydroxylation is 1. The second-order valence-corrected chi connectivity index (χ2v) is 4.38. The van der Waals surface area contributed by atoms with E-state index in [9.17, 15) is 4.79 Å². The maximum absolute atomic E-state index is 11.9. The van der Waals surface area contributed by atoms with Gasteiger partial charge in [-0.2, -0.15) is 0 Å². The van der Waals surface area contributed by atoms with Gasteiger partial charge in [-0.15, -0.1) is 0 Å². The molecule has 0 aromatic heterocycles. The van der Waals surface area contributed by atoms with Crippen molar-refractivity contribution in [2.75, 3.05) is 25.0 Å². The van der Waals surface area contributed by atoms with Gasteiger partial charge in [0.1, 0.15) is 5.75 Å². The number of benzene rings is 1. The van der Waals surface area contributed by atoms with Crippen LogP contribution in [0.2, 0.25) is 0 Å². The van der Waals surface area contributed by atoms with Gasteiger partial charge in [0.2, 0.25) is 0 Å². The van der Waals surface area contributed by atoms with E-state index in [0.717, 1.165) is 44.0 Å². The van der Waals surface area contributed by atoms with E-state index in [1.807, 2.05) is 32.0 Å². The van der Waals surface area contributed by atoms with E-state index < -0.39 is 0 Å². The SMILES string of the molecule is CCN(CC)C(=O)Nc1ccc2c(c1)CCCO2. The number of carbonyl (C=O) groups is 1. The number of fused-ring (bicyclic) bond motifs is 1. The van der Waals surface area contributed by atoms with Crippen LogP contribution >= 0.6 is 0 Å². The van der Waals surface area contributed by atoms with Crippen molar-refractivity contribution < 1.29 is 9.53 Å². The average Bonchev–Trinajstić information content (AvgIpc) is 2.40. The van der Waals surface area contributed by atoms with Gasteiger partial charge in [-0.1, -0.05) is 0 Å². The largest absolute Gasteiger partial charge is 0.493 e. The molecule has 4 nitrogen and oxygen atoms in total. The first kappa shape index (κ1) is 12.7. The lowest BCUT2D eigenvalue weighted by Gasteiger charge is -2.21. The highest BCUT2D eigenvalue weighted by Gasteiger charge is 2.13. The summed E-state index contributed by atoms with van der Waals surface area (Å²) in [5, 5.41) is 2.93. The van der Waals surface area contributed by atoms with Gasteiger partial charge in [0.15, 0.2) is 0 Å². The number of anilines is 1. The Hall–Kier alpha value is -1.71. The minimum atomic E-state index is -0.0447. The third-order valence-electron chi connectivity index (χ3n) is 3.21. The normalized spacial score (nSPS) is 13.4. The number of ether oxygens (including phenoxy) is 1. The van der Waals surface area contributed by atoms with Gasteiger partial charge < -0.3 is 15.0 Å². The van der Waals surface area contributed by atoms with Crippen LogP contribution in [0.4, 0.5) is 10.5 Å². The number of nitrogens with zero attached hydrogens (tertiary/aromatic N) is 1. The highest BCUT2D eigenvalue weighted by atomic mass is 16.5. The van der Waals surface area contributed by atoms with E-state index in [2.05, 4.69) is 5.32 Å². The van der Waals surface area contributed by atoms with Crippen LogP contribution in [0.15, 0.2) is 18.2 Å². The Morgan fingerprint density at radius 3 is 2.89 bits per heavy atom. The summed E-state index contributed by atoms with van der Waals surface area (Å²) in [6.07, 6.45) is 2.06. The summed E-state index contributed by atoms with van der Waals surface area (Å²) in [7, 11) is 0. The summed E-state index contributed by atoms with van der Waals surface area (Å²) in [5.74, 6) is 0.946. The fraction of sp³-hybridized carbons (Fsp3) is 0.500. The average molecular weight is 248 g/mol. The number of carbonyl (C=O) groups excluding carboxylic acids is 1. The molecule has 0 bridgehead atoms. The van der Waals surface area contributed by atoms with Crippen LogP contribution in [0.5, 0.6) is 5.75 Å². The predicted molar refractivity (Wildman–Crippen MR) is 72.2 cm³/mol. The van der Waals surface area contributed by atoms with Crippen LogP contribution in [-0.2, 0) is 6.42 Å². The Labute approximate surface area is 108 Å². The number of rotatable bonds is 3. The van der Waals surface area contributed by atoms with E-state index in [-0.39, 0.29) is 6.03 Å². The second-order valence-electron chi connectivity index (χ2n) is 4.38. The third kappa shape index (κ3) is 2.75. The molecule has 0 unspecified atom stereocenters. The molecule has 4 heteroatoms. The minimum absolute atomic E-state index is 0.0447. The molecule has 0 fully saturated rings. The van der Waals surface area contributed by atoms with Crippen LogP contribution in [0.1, 0.15) is 25.8 Å². The van der Waals surface area contributed by atoms with Gasteiger partial charge in [0.25, 0.3) is 0 Å². The van der Waals surface area contributed by atoms with Crippen molar-refractivity contribution in [1.29, 1.82) is 0 Å². The Morgan fingerprint density at radius 1 is 1.39 bits per heavy atom. The molecule has 0 radical (unpaired) electrons. The van der Waals surface area contributed by atoms with Crippen LogP contribution in [0.3, 0.4) is 0 Å². The lowest BCUT2D eigenvalue weighted by molar-refractivity contribution is 0.217. The molecule has 0 saturated heterocycles. The third-order valence-corrected chi connectivity index (χ3v) is 3.21. The van der Waals surface area contributed by atoms with E-state index >= 15 is 0 Å².